The number of fused-ring (bicyclic) bond motifs is 2. The molecular formula is C28H36N6O7. The van der Waals surface area contributed by atoms with E-state index in [4.69, 9.17) is 4.52 Å². The zero-order valence-electron chi connectivity index (χ0n) is 23.4. The van der Waals surface area contributed by atoms with Gasteiger partial charge in [-0.05, 0) is 31.4 Å². The predicted molar refractivity (Wildman–Crippen MR) is 148 cm³/mol. The van der Waals surface area contributed by atoms with Crippen LogP contribution in [0.15, 0.2) is 47.0 Å². The Labute approximate surface area is 237 Å². The maximum atomic E-state index is 13.1. The van der Waals surface area contributed by atoms with Crippen molar-refractivity contribution in [3.63, 3.8) is 0 Å². The Bertz CT molecular complexity index is 1270. The molecular weight excluding hydrogens is 532 g/mol. The predicted octanol–water partition coefficient (Wildman–Crippen LogP) is -0.0289. The number of carbonyl (C=O) groups is 5. The summed E-state index contributed by atoms with van der Waals surface area (Å²) < 4.78 is 5.28. The lowest BCUT2D eigenvalue weighted by molar-refractivity contribution is -0.133. The highest BCUT2D eigenvalue weighted by molar-refractivity contribution is 5.98. The molecule has 4 atom stereocenters. The SMILES string of the molecule is CC(C)[C@@H]1NC(=O)[C@H](C)NC(=O)[C@H]([C@@H](C)O)NC(=O)c2cc(on2)CN(C(=O)/C=C/c2ccccc2)CCNC1=O. The van der Waals surface area contributed by atoms with Gasteiger partial charge in [-0.1, -0.05) is 49.3 Å². The Morgan fingerprint density at radius 2 is 1.73 bits per heavy atom. The van der Waals surface area contributed by atoms with Crippen LogP contribution in [0.3, 0.4) is 0 Å². The number of nitrogens with one attached hydrogen (secondary N) is 4. The molecule has 0 spiro atoms. The molecule has 13 heteroatoms. The van der Waals surface area contributed by atoms with Crippen LogP contribution in [0.25, 0.3) is 6.08 Å². The third kappa shape index (κ3) is 8.73. The van der Waals surface area contributed by atoms with Gasteiger partial charge in [0.05, 0.1) is 12.6 Å². The van der Waals surface area contributed by atoms with Crippen molar-refractivity contribution in [2.24, 2.45) is 5.92 Å². The Morgan fingerprint density at radius 1 is 1.02 bits per heavy atom. The van der Waals surface area contributed by atoms with Gasteiger partial charge in [0.2, 0.25) is 23.6 Å². The van der Waals surface area contributed by atoms with E-state index >= 15 is 0 Å². The van der Waals surface area contributed by atoms with Gasteiger partial charge in [-0.25, -0.2) is 0 Å². The van der Waals surface area contributed by atoms with Crippen molar-refractivity contribution in [3.8, 4) is 0 Å². The van der Waals surface area contributed by atoms with Gasteiger partial charge in [-0.15, -0.1) is 0 Å². The van der Waals surface area contributed by atoms with Crippen LogP contribution in [0.5, 0.6) is 0 Å². The Morgan fingerprint density at radius 3 is 2.39 bits per heavy atom. The van der Waals surface area contributed by atoms with E-state index in [1.165, 1.54) is 30.9 Å². The van der Waals surface area contributed by atoms with E-state index in [-0.39, 0.29) is 42.9 Å². The molecule has 2 heterocycles. The van der Waals surface area contributed by atoms with Crippen molar-refractivity contribution < 1.29 is 33.6 Å². The van der Waals surface area contributed by atoms with Crippen LogP contribution in [0.4, 0.5) is 0 Å². The highest BCUT2D eigenvalue weighted by Gasteiger charge is 2.32. The number of carbonyl (C=O) groups excluding carboxylic acids is 5. The molecule has 2 bridgehead atoms. The monoisotopic (exact) mass is 568 g/mol. The largest absolute Gasteiger partial charge is 0.391 e. The average Bonchev–Trinajstić information content (AvgIpc) is 3.40. The fourth-order valence-electron chi connectivity index (χ4n) is 4.01. The molecule has 0 unspecified atom stereocenters. The smallest absolute Gasteiger partial charge is 0.274 e. The van der Waals surface area contributed by atoms with Crippen molar-refractivity contribution >= 4 is 35.6 Å². The molecule has 0 saturated heterocycles. The molecule has 3 rings (SSSR count). The summed E-state index contributed by atoms with van der Waals surface area (Å²) in [7, 11) is 0. The number of aliphatic hydroxyl groups is 1. The van der Waals surface area contributed by atoms with Crippen molar-refractivity contribution in [3.05, 3.63) is 59.5 Å². The topological polar surface area (TPSA) is 183 Å². The van der Waals surface area contributed by atoms with Gasteiger partial charge in [-0.2, -0.15) is 0 Å². The maximum Gasteiger partial charge on any atom is 0.274 e. The van der Waals surface area contributed by atoms with Gasteiger partial charge in [0, 0.05) is 25.2 Å². The summed E-state index contributed by atoms with van der Waals surface area (Å²) in [6.07, 6.45) is 1.72. The van der Waals surface area contributed by atoms with Gasteiger partial charge in [0.25, 0.3) is 5.91 Å². The minimum Gasteiger partial charge on any atom is -0.391 e. The Hall–Kier alpha value is -4.52. The van der Waals surface area contributed by atoms with E-state index in [1.54, 1.807) is 19.9 Å². The number of aliphatic hydroxyl groups excluding tert-OH is 1. The second-order valence-electron chi connectivity index (χ2n) is 10.1. The number of amides is 5. The summed E-state index contributed by atoms with van der Waals surface area (Å²) in [6.45, 7) is 6.30. The van der Waals surface area contributed by atoms with E-state index < -0.39 is 47.9 Å². The molecule has 1 aliphatic heterocycles. The van der Waals surface area contributed by atoms with Gasteiger partial charge in [-0.3, -0.25) is 24.0 Å². The van der Waals surface area contributed by atoms with E-state index in [2.05, 4.69) is 26.4 Å². The number of hydrogen-bond acceptors (Lipinski definition) is 8. The number of benzene rings is 1. The van der Waals surface area contributed by atoms with E-state index in [0.29, 0.717) is 0 Å². The van der Waals surface area contributed by atoms with Crippen molar-refractivity contribution in [2.75, 3.05) is 13.1 Å². The lowest BCUT2D eigenvalue weighted by Gasteiger charge is -2.26. The van der Waals surface area contributed by atoms with Crippen LogP contribution in [-0.2, 0) is 25.7 Å². The fourth-order valence-corrected chi connectivity index (χ4v) is 4.01. The van der Waals surface area contributed by atoms with Crippen LogP contribution >= 0.6 is 0 Å². The first-order valence-electron chi connectivity index (χ1n) is 13.3. The lowest BCUT2D eigenvalue weighted by atomic mass is 10.0. The molecule has 220 valence electrons. The first kappa shape index (κ1) is 31.0. The zero-order valence-corrected chi connectivity index (χ0v) is 23.4. The summed E-state index contributed by atoms with van der Waals surface area (Å²) in [5, 5.41) is 24.1. The lowest BCUT2D eigenvalue weighted by Crippen LogP contribution is -2.58. The third-order valence-corrected chi connectivity index (χ3v) is 6.40. The molecule has 1 aliphatic rings. The number of aromatic nitrogens is 1. The van der Waals surface area contributed by atoms with Crippen LogP contribution in [0.1, 0.15) is 49.5 Å². The van der Waals surface area contributed by atoms with Crippen LogP contribution in [-0.4, -0.2) is 82.0 Å². The molecule has 41 heavy (non-hydrogen) atoms. The molecule has 5 N–H and O–H groups in total. The second kappa shape index (κ2) is 14.2. The summed E-state index contributed by atoms with van der Waals surface area (Å²) in [4.78, 5) is 66.0. The Kier molecular flexibility index (Phi) is 10.8. The van der Waals surface area contributed by atoms with E-state index in [1.807, 2.05) is 30.3 Å². The average molecular weight is 569 g/mol. The van der Waals surface area contributed by atoms with Crippen LogP contribution in [0, 0.1) is 5.92 Å². The van der Waals surface area contributed by atoms with Crippen LogP contribution < -0.4 is 21.3 Å². The van der Waals surface area contributed by atoms with Gasteiger partial charge >= 0.3 is 0 Å². The summed E-state index contributed by atoms with van der Waals surface area (Å²) in [6, 6.07) is 7.12. The first-order valence-corrected chi connectivity index (χ1v) is 13.3. The zero-order chi connectivity index (χ0) is 30.1. The number of rotatable bonds is 4. The van der Waals surface area contributed by atoms with Crippen molar-refractivity contribution in [1.82, 2.24) is 31.3 Å². The molecule has 5 amide bonds. The van der Waals surface area contributed by atoms with Gasteiger partial charge < -0.3 is 35.8 Å². The summed E-state index contributed by atoms with van der Waals surface area (Å²) in [5.41, 5.74) is 0.640. The van der Waals surface area contributed by atoms with E-state index in [9.17, 15) is 29.1 Å². The maximum absolute atomic E-state index is 13.1. The summed E-state index contributed by atoms with van der Waals surface area (Å²) >= 11 is 0. The second-order valence-corrected chi connectivity index (χ2v) is 10.1. The molecule has 1 aromatic heterocycles. The first-order chi connectivity index (χ1) is 19.5. The minimum absolute atomic E-state index is 0.0622. The Balaban J connectivity index is 1.90. The molecule has 0 aliphatic carbocycles. The van der Waals surface area contributed by atoms with Crippen molar-refractivity contribution in [1.29, 1.82) is 0 Å². The fraction of sp³-hybridized carbons (Fsp3) is 0.429. The molecule has 0 saturated carbocycles. The number of hydrogen-bond donors (Lipinski definition) is 5. The third-order valence-electron chi connectivity index (χ3n) is 6.40. The van der Waals surface area contributed by atoms with Gasteiger partial charge in [0.15, 0.2) is 11.5 Å². The highest BCUT2D eigenvalue weighted by atomic mass is 16.5. The molecule has 0 fully saturated rings. The minimum atomic E-state index is -1.41. The van der Waals surface area contributed by atoms with E-state index in [0.717, 1.165) is 5.56 Å². The normalized spacial score (nSPS) is 22.3. The van der Waals surface area contributed by atoms with Crippen LogP contribution in [0.2, 0.25) is 0 Å². The number of nitrogens with zero attached hydrogens (tertiary/aromatic N) is 2. The highest BCUT2D eigenvalue weighted by Crippen LogP contribution is 2.11. The summed E-state index contributed by atoms with van der Waals surface area (Å²) in [5.74, 6) is -3.20. The molecule has 2 aromatic rings. The molecule has 13 nitrogen and oxygen atoms in total. The standard InChI is InChI=1S/C28H36N6O7/c1-16(2)23-27(39)29-12-13-34(22(36)11-10-19-8-6-5-7-9-19)15-20-14-21(33-41-20)26(38)32-24(18(4)35)28(40)30-17(3)25(37)31-23/h5-11,14,16-18,23-24,35H,12-13,15H2,1-4H3,(H,29,39)(H,30,40)(H,31,37)(H,32,38)/b11-10+/t17-,18+,23-,24-/m0/s1. The molecule has 1 aromatic carbocycles. The molecule has 0 radical (unpaired) electrons. The van der Waals surface area contributed by atoms with Crippen molar-refractivity contribution in [2.45, 2.75) is 58.5 Å². The van der Waals surface area contributed by atoms with Gasteiger partial charge in [0.1, 0.15) is 18.1 Å². The quantitative estimate of drug-likeness (QED) is 0.319.